The first-order valence-corrected chi connectivity index (χ1v) is 5.78. The molecular weight excluding hydrogens is 301 g/mol. The van der Waals surface area contributed by atoms with Crippen LogP contribution in [0.15, 0.2) is 30.6 Å². The average Bonchev–Trinajstić information content (AvgIpc) is 2.64. The van der Waals surface area contributed by atoms with Crippen molar-refractivity contribution in [2.24, 2.45) is 5.73 Å². The quantitative estimate of drug-likeness (QED) is 0.864. The van der Waals surface area contributed by atoms with Gasteiger partial charge in [0.05, 0.1) is 15.5 Å². The van der Waals surface area contributed by atoms with Crippen molar-refractivity contribution in [1.29, 1.82) is 0 Å². The van der Waals surface area contributed by atoms with Crippen LogP contribution in [0.3, 0.4) is 0 Å². The van der Waals surface area contributed by atoms with Gasteiger partial charge < -0.3 is 5.73 Å². The van der Waals surface area contributed by atoms with Gasteiger partial charge in [0, 0.05) is 12.7 Å². The van der Waals surface area contributed by atoms with E-state index in [1.807, 2.05) is 17.1 Å². The molecule has 0 aliphatic carbocycles. The number of hydrogen-bond donors (Lipinski definition) is 1. The lowest BCUT2D eigenvalue weighted by Crippen LogP contribution is -2.05. The normalized spacial score (nSPS) is 10.6. The number of aromatic nitrogens is 2. The van der Waals surface area contributed by atoms with Crippen LogP contribution in [0.5, 0.6) is 0 Å². The first kappa shape index (κ1) is 10.6. The van der Waals surface area contributed by atoms with Gasteiger partial charge in [0.25, 0.3) is 0 Å². The summed E-state index contributed by atoms with van der Waals surface area (Å²) in [4.78, 5) is 0. The SMILES string of the molecule is Cc1ccc(-n2cc(I)cn2)c(CN)c1. The Bertz CT molecular complexity index is 476. The molecule has 0 bridgehead atoms. The number of nitrogens with zero attached hydrogens (tertiary/aromatic N) is 2. The largest absolute Gasteiger partial charge is 0.326 e. The summed E-state index contributed by atoms with van der Waals surface area (Å²) in [6.07, 6.45) is 3.82. The molecule has 0 fully saturated rings. The Labute approximate surface area is 102 Å². The summed E-state index contributed by atoms with van der Waals surface area (Å²) in [5.74, 6) is 0. The fourth-order valence-electron chi connectivity index (χ4n) is 1.53. The van der Waals surface area contributed by atoms with Gasteiger partial charge in [-0.1, -0.05) is 17.7 Å². The highest BCUT2D eigenvalue weighted by molar-refractivity contribution is 14.1. The number of rotatable bonds is 2. The summed E-state index contributed by atoms with van der Waals surface area (Å²) >= 11 is 2.24. The molecule has 0 aliphatic rings. The minimum absolute atomic E-state index is 0.535. The third kappa shape index (κ3) is 2.21. The van der Waals surface area contributed by atoms with E-state index in [4.69, 9.17) is 5.73 Å². The van der Waals surface area contributed by atoms with Gasteiger partial charge >= 0.3 is 0 Å². The van der Waals surface area contributed by atoms with Gasteiger partial charge in [-0.05, 0) is 41.1 Å². The zero-order valence-electron chi connectivity index (χ0n) is 8.44. The fourth-order valence-corrected chi connectivity index (χ4v) is 1.92. The molecule has 0 unspecified atom stereocenters. The van der Waals surface area contributed by atoms with Crippen LogP contribution >= 0.6 is 22.6 Å². The molecule has 0 atom stereocenters. The lowest BCUT2D eigenvalue weighted by atomic mass is 10.1. The third-order valence-electron chi connectivity index (χ3n) is 2.25. The van der Waals surface area contributed by atoms with Crippen LogP contribution in [0.2, 0.25) is 0 Å². The average molecular weight is 313 g/mol. The molecule has 0 spiro atoms. The molecule has 2 rings (SSSR count). The monoisotopic (exact) mass is 313 g/mol. The summed E-state index contributed by atoms with van der Waals surface area (Å²) in [6, 6.07) is 6.23. The highest BCUT2D eigenvalue weighted by Crippen LogP contribution is 2.16. The Morgan fingerprint density at radius 1 is 1.47 bits per heavy atom. The molecule has 0 saturated heterocycles. The lowest BCUT2D eigenvalue weighted by Gasteiger charge is -2.08. The molecule has 0 amide bonds. The molecule has 2 N–H and O–H groups in total. The van der Waals surface area contributed by atoms with Crippen LogP contribution in [0.25, 0.3) is 5.69 Å². The second-order valence-electron chi connectivity index (χ2n) is 3.44. The van der Waals surface area contributed by atoms with Crippen LogP contribution in [-0.4, -0.2) is 9.78 Å². The number of benzene rings is 1. The summed E-state index contributed by atoms with van der Waals surface area (Å²) in [5, 5.41) is 4.28. The van der Waals surface area contributed by atoms with Crippen molar-refractivity contribution in [3.63, 3.8) is 0 Å². The van der Waals surface area contributed by atoms with Crippen LogP contribution in [0, 0.1) is 10.5 Å². The van der Waals surface area contributed by atoms with E-state index in [2.05, 4.69) is 52.8 Å². The molecular formula is C11H12IN3. The van der Waals surface area contributed by atoms with Gasteiger partial charge in [-0.15, -0.1) is 0 Å². The third-order valence-corrected chi connectivity index (χ3v) is 2.81. The summed E-state index contributed by atoms with van der Waals surface area (Å²) in [5.41, 5.74) is 9.12. The molecule has 0 saturated carbocycles. The van der Waals surface area contributed by atoms with Crippen molar-refractivity contribution >= 4 is 22.6 Å². The van der Waals surface area contributed by atoms with Gasteiger partial charge in [-0.25, -0.2) is 4.68 Å². The first-order valence-electron chi connectivity index (χ1n) is 4.71. The first-order chi connectivity index (χ1) is 7.20. The van der Waals surface area contributed by atoms with Crippen LogP contribution in [0.4, 0.5) is 0 Å². The van der Waals surface area contributed by atoms with E-state index in [1.54, 1.807) is 0 Å². The van der Waals surface area contributed by atoms with Crippen molar-refractivity contribution in [3.8, 4) is 5.69 Å². The van der Waals surface area contributed by atoms with Gasteiger partial charge in [0.1, 0.15) is 0 Å². The summed E-state index contributed by atoms with van der Waals surface area (Å²) < 4.78 is 2.99. The standard InChI is InChI=1S/C11H12IN3/c1-8-2-3-11(9(4-8)5-13)15-7-10(12)6-14-15/h2-4,6-7H,5,13H2,1H3. The molecule has 4 heteroatoms. The van der Waals surface area contributed by atoms with E-state index in [0.29, 0.717) is 6.54 Å². The maximum absolute atomic E-state index is 5.72. The van der Waals surface area contributed by atoms with Gasteiger partial charge in [-0.2, -0.15) is 5.10 Å². The molecule has 0 radical (unpaired) electrons. The highest BCUT2D eigenvalue weighted by atomic mass is 127. The number of hydrogen-bond acceptors (Lipinski definition) is 2. The molecule has 3 nitrogen and oxygen atoms in total. The van der Waals surface area contributed by atoms with E-state index < -0.39 is 0 Å². The Morgan fingerprint density at radius 2 is 2.27 bits per heavy atom. The van der Waals surface area contributed by atoms with Gasteiger partial charge in [0.2, 0.25) is 0 Å². The van der Waals surface area contributed by atoms with Crippen molar-refractivity contribution < 1.29 is 0 Å². The topological polar surface area (TPSA) is 43.8 Å². The Kier molecular flexibility index (Phi) is 3.06. The Morgan fingerprint density at radius 3 is 2.87 bits per heavy atom. The predicted octanol–water partition coefficient (Wildman–Crippen LogP) is 2.24. The molecule has 2 aromatic rings. The van der Waals surface area contributed by atoms with E-state index in [9.17, 15) is 0 Å². The minimum atomic E-state index is 0.535. The molecule has 1 heterocycles. The minimum Gasteiger partial charge on any atom is -0.326 e. The van der Waals surface area contributed by atoms with E-state index in [-0.39, 0.29) is 0 Å². The Balaban J connectivity index is 2.52. The summed E-state index contributed by atoms with van der Waals surface area (Å²) in [7, 11) is 0. The van der Waals surface area contributed by atoms with Gasteiger partial charge in [-0.3, -0.25) is 0 Å². The maximum Gasteiger partial charge on any atom is 0.0691 e. The summed E-state index contributed by atoms with van der Waals surface area (Å²) in [6.45, 7) is 2.60. The van der Waals surface area contributed by atoms with Crippen LogP contribution < -0.4 is 5.73 Å². The van der Waals surface area contributed by atoms with Crippen molar-refractivity contribution in [2.45, 2.75) is 13.5 Å². The highest BCUT2D eigenvalue weighted by Gasteiger charge is 2.04. The van der Waals surface area contributed by atoms with Gasteiger partial charge in [0.15, 0.2) is 0 Å². The molecule has 78 valence electrons. The molecule has 1 aromatic carbocycles. The van der Waals surface area contributed by atoms with Crippen molar-refractivity contribution in [3.05, 3.63) is 45.3 Å². The number of nitrogens with two attached hydrogens (primary N) is 1. The van der Waals surface area contributed by atoms with Crippen LogP contribution in [0.1, 0.15) is 11.1 Å². The molecule has 1 aromatic heterocycles. The number of aryl methyl sites for hydroxylation is 1. The Hall–Kier alpha value is -0.880. The van der Waals surface area contributed by atoms with E-state index >= 15 is 0 Å². The second-order valence-corrected chi connectivity index (χ2v) is 4.69. The zero-order valence-corrected chi connectivity index (χ0v) is 10.6. The van der Waals surface area contributed by atoms with E-state index in [1.165, 1.54) is 5.56 Å². The maximum atomic E-state index is 5.72. The molecule has 0 aliphatic heterocycles. The second kappa shape index (κ2) is 4.32. The van der Waals surface area contributed by atoms with Crippen LogP contribution in [-0.2, 0) is 6.54 Å². The predicted molar refractivity (Wildman–Crippen MR) is 68.9 cm³/mol. The number of halogens is 1. The van der Waals surface area contributed by atoms with Crippen molar-refractivity contribution in [1.82, 2.24) is 9.78 Å². The smallest absolute Gasteiger partial charge is 0.0691 e. The zero-order chi connectivity index (χ0) is 10.8. The van der Waals surface area contributed by atoms with Crippen molar-refractivity contribution in [2.75, 3.05) is 0 Å². The fraction of sp³-hybridized carbons (Fsp3) is 0.182. The lowest BCUT2D eigenvalue weighted by molar-refractivity contribution is 0.857. The van der Waals surface area contributed by atoms with E-state index in [0.717, 1.165) is 14.8 Å². The molecule has 15 heavy (non-hydrogen) atoms.